The number of nitrogens with one attached hydrogen (secondary N) is 1. The molecule has 0 saturated carbocycles. The lowest BCUT2D eigenvalue weighted by atomic mass is 10.2. The first kappa shape index (κ1) is 18.2. The second-order valence-corrected chi connectivity index (χ2v) is 6.73. The van der Waals surface area contributed by atoms with Crippen molar-refractivity contribution >= 4 is 29.1 Å². The van der Waals surface area contributed by atoms with Crippen molar-refractivity contribution in [1.82, 2.24) is 30.2 Å². The number of rotatable bonds is 4. The fourth-order valence-corrected chi connectivity index (χ4v) is 3.16. The van der Waals surface area contributed by atoms with E-state index in [-0.39, 0.29) is 16.4 Å². The number of hydrogen-bond donors (Lipinski definition) is 1. The van der Waals surface area contributed by atoms with Gasteiger partial charge < -0.3 is 10.2 Å². The number of hydrogen-bond acceptors (Lipinski definition) is 7. The van der Waals surface area contributed by atoms with Gasteiger partial charge in [0.15, 0.2) is 11.5 Å². The van der Waals surface area contributed by atoms with Gasteiger partial charge in [-0.3, -0.25) is 4.79 Å². The van der Waals surface area contributed by atoms with E-state index in [1.54, 1.807) is 6.92 Å². The Labute approximate surface area is 164 Å². The van der Waals surface area contributed by atoms with Crippen LogP contribution in [0.1, 0.15) is 29.2 Å². The summed E-state index contributed by atoms with van der Waals surface area (Å²) in [5.74, 6) is -0.156. The molecular formula is C17H16ClFN8O. The van der Waals surface area contributed by atoms with E-state index >= 15 is 0 Å². The van der Waals surface area contributed by atoms with Crippen LogP contribution in [0.2, 0.25) is 5.02 Å². The van der Waals surface area contributed by atoms with Gasteiger partial charge in [-0.15, -0.1) is 5.10 Å². The lowest BCUT2D eigenvalue weighted by Gasteiger charge is -2.16. The van der Waals surface area contributed by atoms with E-state index in [0.717, 1.165) is 25.9 Å². The molecule has 2 aromatic heterocycles. The van der Waals surface area contributed by atoms with Gasteiger partial charge in [0.2, 0.25) is 5.95 Å². The highest BCUT2D eigenvalue weighted by atomic mass is 35.5. The number of aromatic nitrogens is 6. The number of amides is 1. The molecular weight excluding hydrogens is 387 g/mol. The molecule has 1 amide bonds. The van der Waals surface area contributed by atoms with E-state index in [0.29, 0.717) is 17.5 Å². The summed E-state index contributed by atoms with van der Waals surface area (Å²) in [4.78, 5) is 23.2. The van der Waals surface area contributed by atoms with E-state index in [2.05, 4.69) is 30.8 Å². The van der Waals surface area contributed by atoms with Gasteiger partial charge in [0, 0.05) is 18.8 Å². The van der Waals surface area contributed by atoms with Crippen molar-refractivity contribution in [2.24, 2.45) is 0 Å². The second kappa shape index (κ2) is 7.47. The molecule has 9 nitrogen and oxygen atoms in total. The number of aryl methyl sites for hydroxylation is 1. The van der Waals surface area contributed by atoms with Gasteiger partial charge in [-0.1, -0.05) is 11.6 Å². The Balaban J connectivity index is 1.60. The fraction of sp³-hybridized carbons (Fsp3) is 0.294. The van der Waals surface area contributed by atoms with Crippen LogP contribution in [0.25, 0.3) is 5.69 Å². The van der Waals surface area contributed by atoms with E-state index < -0.39 is 11.7 Å². The Morgan fingerprint density at radius 1 is 1.29 bits per heavy atom. The quantitative estimate of drug-likeness (QED) is 0.714. The van der Waals surface area contributed by atoms with Crippen molar-refractivity contribution in [1.29, 1.82) is 0 Å². The van der Waals surface area contributed by atoms with Gasteiger partial charge in [0.05, 0.1) is 11.2 Å². The molecule has 1 aromatic carbocycles. The lowest BCUT2D eigenvalue weighted by Crippen LogP contribution is -2.23. The molecule has 28 heavy (non-hydrogen) atoms. The van der Waals surface area contributed by atoms with Gasteiger partial charge in [0.25, 0.3) is 5.91 Å². The van der Waals surface area contributed by atoms with Gasteiger partial charge in [-0.25, -0.2) is 14.4 Å². The summed E-state index contributed by atoms with van der Waals surface area (Å²) in [5, 5.41) is 13.8. The van der Waals surface area contributed by atoms with E-state index in [1.165, 1.54) is 29.1 Å². The third-order valence-electron chi connectivity index (χ3n) is 4.39. The Bertz CT molecular complexity index is 1030. The Morgan fingerprint density at radius 3 is 2.79 bits per heavy atom. The number of carbonyl (C=O) groups is 1. The Morgan fingerprint density at radius 2 is 2.07 bits per heavy atom. The van der Waals surface area contributed by atoms with Crippen molar-refractivity contribution in [3.05, 3.63) is 46.8 Å². The molecule has 1 fully saturated rings. The van der Waals surface area contributed by atoms with Crippen molar-refractivity contribution in [3.63, 3.8) is 0 Å². The first-order valence-electron chi connectivity index (χ1n) is 8.66. The largest absolute Gasteiger partial charge is 0.341 e. The molecule has 0 unspecified atom stereocenters. The van der Waals surface area contributed by atoms with Crippen LogP contribution in [0.3, 0.4) is 0 Å². The molecule has 0 atom stereocenters. The molecule has 4 rings (SSSR count). The minimum atomic E-state index is -0.523. The summed E-state index contributed by atoms with van der Waals surface area (Å²) in [6.07, 6.45) is 3.53. The van der Waals surface area contributed by atoms with Crippen molar-refractivity contribution in [3.8, 4) is 5.69 Å². The Hall–Kier alpha value is -3.14. The van der Waals surface area contributed by atoms with Crippen LogP contribution >= 0.6 is 11.6 Å². The monoisotopic (exact) mass is 402 g/mol. The van der Waals surface area contributed by atoms with Crippen LogP contribution in [-0.2, 0) is 0 Å². The zero-order valence-electron chi connectivity index (χ0n) is 14.9. The summed E-state index contributed by atoms with van der Waals surface area (Å²) in [6.45, 7) is 3.33. The molecule has 1 N–H and O–H groups in total. The number of anilines is 2. The highest BCUT2D eigenvalue weighted by Gasteiger charge is 2.20. The first-order chi connectivity index (χ1) is 13.5. The van der Waals surface area contributed by atoms with Gasteiger partial charge in [0.1, 0.15) is 11.5 Å². The normalized spacial score (nSPS) is 13.8. The third-order valence-corrected chi connectivity index (χ3v) is 4.67. The topological polar surface area (TPSA) is 102 Å². The summed E-state index contributed by atoms with van der Waals surface area (Å²) in [6, 6.07) is 4.10. The van der Waals surface area contributed by atoms with Crippen LogP contribution in [0.4, 0.5) is 16.0 Å². The average molecular weight is 403 g/mol. The summed E-state index contributed by atoms with van der Waals surface area (Å²) in [7, 11) is 0. The van der Waals surface area contributed by atoms with Crippen LogP contribution in [-0.4, -0.2) is 49.2 Å². The number of halogens is 2. The van der Waals surface area contributed by atoms with Crippen molar-refractivity contribution in [2.75, 3.05) is 23.3 Å². The Kier molecular flexibility index (Phi) is 4.86. The number of tetrazole rings is 1. The molecule has 3 heterocycles. The van der Waals surface area contributed by atoms with Crippen LogP contribution in [0, 0.1) is 12.7 Å². The molecule has 0 radical (unpaired) electrons. The first-order valence-corrected chi connectivity index (χ1v) is 9.04. The van der Waals surface area contributed by atoms with E-state index in [4.69, 9.17) is 11.6 Å². The summed E-state index contributed by atoms with van der Waals surface area (Å²) >= 11 is 6.13. The fourth-order valence-electron chi connectivity index (χ4n) is 2.98. The van der Waals surface area contributed by atoms with Gasteiger partial charge >= 0.3 is 0 Å². The lowest BCUT2D eigenvalue weighted by molar-refractivity contribution is 0.102. The molecule has 0 aliphatic carbocycles. The SMILES string of the molecule is Cc1nnnn1-c1cc(NC(=O)c2nc(N3CCCC3)ncc2Cl)ccc1F. The molecule has 0 spiro atoms. The van der Waals surface area contributed by atoms with Crippen LogP contribution in [0.5, 0.6) is 0 Å². The van der Waals surface area contributed by atoms with Gasteiger partial charge in [-0.05, 0) is 48.4 Å². The zero-order chi connectivity index (χ0) is 19.7. The zero-order valence-corrected chi connectivity index (χ0v) is 15.7. The standard InChI is InChI=1S/C17H16ClFN8O/c1-10-23-24-25-27(10)14-8-11(4-5-13(14)19)21-16(28)15-12(18)9-20-17(22-15)26-6-2-3-7-26/h4-5,8-9H,2-3,6-7H2,1H3,(H,21,28). The maximum Gasteiger partial charge on any atom is 0.276 e. The number of benzene rings is 1. The number of carbonyl (C=O) groups excluding carboxylic acids is 1. The maximum atomic E-state index is 14.2. The van der Waals surface area contributed by atoms with E-state index in [9.17, 15) is 9.18 Å². The third kappa shape index (κ3) is 3.50. The molecule has 11 heteroatoms. The number of nitrogens with zero attached hydrogens (tertiary/aromatic N) is 7. The van der Waals surface area contributed by atoms with Crippen molar-refractivity contribution in [2.45, 2.75) is 19.8 Å². The van der Waals surface area contributed by atoms with Crippen LogP contribution < -0.4 is 10.2 Å². The molecule has 1 saturated heterocycles. The van der Waals surface area contributed by atoms with Gasteiger partial charge in [-0.2, -0.15) is 4.68 Å². The molecule has 1 aliphatic rings. The maximum absolute atomic E-state index is 14.2. The highest BCUT2D eigenvalue weighted by molar-refractivity contribution is 6.34. The molecule has 0 bridgehead atoms. The molecule has 144 valence electrons. The minimum absolute atomic E-state index is 0.0584. The highest BCUT2D eigenvalue weighted by Crippen LogP contribution is 2.23. The van der Waals surface area contributed by atoms with Crippen molar-refractivity contribution < 1.29 is 9.18 Å². The predicted octanol–water partition coefficient (Wildman–Crippen LogP) is 2.41. The average Bonchev–Trinajstić information content (AvgIpc) is 3.35. The smallest absolute Gasteiger partial charge is 0.276 e. The summed E-state index contributed by atoms with van der Waals surface area (Å²) < 4.78 is 15.4. The molecule has 3 aromatic rings. The minimum Gasteiger partial charge on any atom is -0.341 e. The second-order valence-electron chi connectivity index (χ2n) is 6.32. The van der Waals surface area contributed by atoms with E-state index in [1.807, 2.05) is 4.90 Å². The predicted molar refractivity (Wildman–Crippen MR) is 100 cm³/mol. The summed E-state index contributed by atoms with van der Waals surface area (Å²) in [5.41, 5.74) is 0.531. The molecule has 1 aliphatic heterocycles. The van der Waals surface area contributed by atoms with Crippen LogP contribution in [0.15, 0.2) is 24.4 Å².